The summed E-state index contributed by atoms with van der Waals surface area (Å²) < 4.78 is 1.75. The van der Waals surface area contributed by atoms with Gasteiger partial charge in [0.05, 0.1) is 23.2 Å². The number of carbonyl (C=O) groups is 2. The number of hydrogen-bond acceptors (Lipinski definition) is 4. The van der Waals surface area contributed by atoms with Crippen molar-refractivity contribution in [2.45, 2.75) is 38.1 Å². The first-order valence-electron chi connectivity index (χ1n) is 11.3. The van der Waals surface area contributed by atoms with Gasteiger partial charge in [0.1, 0.15) is 0 Å². The molecule has 3 aromatic heterocycles. The van der Waals surface area contributed by atoms with E-state index in [4.69, 9.17) is 5.11 Å². The van der Waals surface area contributed by atoms with Gasteiger partial charge in [0.25, 0.3) is 5.91 Å². The molecule has 2 aliphatic carbocycles. The molecule has 2 saturated carbocycles. The van der Waals surface area contributed by atoms with E-state index in [2.05, 4.69) is 27.5 Å². The summed E-state index contributed by atoms with van der Waals surface area (Å²) >= 11 is 0. The van der Waals surface area contributed by atoms with Gasteiger partial charge in [0.2, 0.25) is 0 Å². The van der Waals surface area contributed by atoms with Gasteiger partial charge in [0.15, 0.2) is 0 Å². The van der Waals surface area contributed by atoms with Crippen molar-refractivity contribution in [3.63, 3.8) is 0 Å². The second-order valence-electron chi connectivity index (χ2n) is 9.61. The molecule has 0 aliphatic heterocycles. The van der Waals surface area contributed by atoms with E-state index in [1.165, 1.54) is 0 Å². The van der Waals surface area contributed by atoms with Crippen LogP contribution in [0.15, 0.2) is 61.1 Å². The van der Waals surface area contributed by atoms with Gasteiger partial charge in [-0.25, -0.2) is 4.52 Å². The molecule has 6 rings (SSSR count). The molecule has 0 radical (unpaired) electrons. The van der Waals surface area contributed by atoms with Crippen LogP contribution in [0.3, 0.4) is 0 Å². The lowest BCUT2D eigenvalue weighted by Gasteiger charge is -2.56. The fourth-order valence-electron chi connectivity index (χ4n) is 5.69. The number of carboxylic acids is 1. The van der Waals surface area contributed by atoms with E-state index in [1.54, 1.807) is 10.7 Å². The molecule has 2 aliphatic rings. The number of rotatable bonds is 5. The lowest BCUT2D eigenvalue weighted by Crippen LogP contribution is -2.57. The van der Waals surface area contributed by atoms with Gasteiger partial charge in [-0.2, -0.15) is 5.10 Å². The molecule has 3 heterocycles. The Bertz CT molecular complexity index is 1400. The minimum absolute atomic E-state index is 0.0940. The Labute approximate surface area is 190 Å². The lowest BCUT2D eigenvalue weighted by molar-refractivity contribution is -0.155. The SMILES string of the molecule is O=C(N[C@H]1CC2(C1)C[C@H](C(=O)O)C2)c1cnn2cccc(Cc3cc4ccccc4cn3)c12. The number of carbonyl (C=O) groups excluding carboxylic acids is 1. The van der Waals surface area contributed by atoms with Crippen LogP contribution in [0, 0.1) is 11.3 Å². The molecule has 4 aromatic rings. The third-order valence-electron chi connectivity index (χ3n) is 7.33. The molecule has 166 valence electrons. The summed E-state index contributed by atoms with van der Waals surface area (Å²) in [5.41, 5.74) is 3.41. The van der Waals surface area contributed by atoms with Crippen molar-refractivity contribution in [1.29, 1.82) is 0 Å². The lowest BCUT2D eigenvalue weighted by atomic mass is 9.50. The molecule has 2 fully saturated rings. The van der Waals surface area contributed by atoms with Crippen molar-refractivity contribution >= 4 is 28.2 Å². The summed E-state index contributed by atoms with van der Waals surface area (Å²) in [5.74, 6) is -1.04. The van der Waals surface area contributed by atoms with Gasteiger partial charge in [-0.3, -0.25) is 14.6 Å². The number of nitrogens with zero attached hydrogens (tertiary/aromatic N) is 3. The van der Waals surface area contributed by atoms with E-state index >= 15 is 0 Å². The van der Waals surface area contributed by atoms with Crippen molar-refractivity contribution in [1.82, 2.24) is 19.9 Å². The average Bonchev–Trinajstić information content (AvgIpc) is 3.19. The summed E-state index contributed by atoms with van der Waals surface area (Å²) in [7, 11) is 0. The van der Waals surface area contributed by atoms with E-state index in [0.29, 0.717) is 12.0 Å². The van der Waals surface area contributed by atoms with Crippen LogP contribution >= 0.6 is 0 Å². The normalized spacial score (nSPS) is 23.9. The van der Waals surface area contributed by atoms with Gasteiger partial charge < -0.3 is 10.4 Å². The largest absolute Gasteiger partial charge is 0.481 e. The first kappa shape index (κ1) is 19.9. The van der Waals surface area contributed by atoms with Gasteiger partial charge >= 0.3 is 5.97 Å². The molecule has 7 heteroatoms. The molecule has 1 spiro atoms. The minimum Gasteiger partial charge on any atom is -0.481 e. The third kappa shape index (κ3) is 3.44. The standard InChI is InChI=1S/C26H24N4O3/c31-24(29-21-12-26(13-21)10-19(11-26)25(32)33)22-15-28-30-7-3-6-17(23(22)30)9-20-8-16-4-1-2-5-18(16)14-27-20/h1-8,14-15,19,21H,9-13H2,(H,29,31)(H,32,33)/t19-,21-,26?. The Balaban J connectivity index is 1.21. The van der Waals surface area contributed by atoms with Crippen LogP contribution in [0.1, 0.15) is 47.3 Å². The maximum absolute atomic E-state index is 13.1. The summed E-state index contributed by atoms with van der Waals surface area (Å²) in [4.78, 5) is 28.8. The molecule has 2 N–H and O–H groups in total. The third-order valence-corrected chi connectivity index (χ3v) is 7.33. The summed E-state index contributed by atoms with van der Waals surface area (Å²) in [6.45, 7) is 0. The fraction of sp³-hybridized carbons (Fsp3) is 0.308. The first-order valence-corrected chi connectivity index (χ1v) is 11.3. The highest BCUT2D eigenvalue weighted by molar-refractivity contribution is 6.01. The molecule has 0 saturated heterocycles. The molecule has 0 bridgehead atoms. The van der Waals surface area contributed by atoms with Crippen molar-refractivity contribution < 1.29 is 14.7 Å². The number of hydrogen-bond donors (Lipinski definition) is 2. The number of amides is 1. The van der Waals surface area contributed by atoms with Crippen LogP contribution in [0.4, 0.5) is 0 Å². The number of pyridine rings is 2. The first-order chi connectivity index (χ1) is 16.0. The number of fused-ring (bicyclic) bond motifs is 2. The van der Waals surface area contributed by atoms with Crippen molar-refractivity contribution in [2.24, 2.45) is 11.3 Å². The minimum atomic E-state index is -0.701. The maximum Gasteiger partial charge on any atom is 0.306 e. The highest BCUT2D eigenvalue weighted by Crippen LogP contribution is 2.58. The predicted molar refractivity (Wildman–Crippen MR) is 123 cm³/mol. The van der Waals surface area contributed by atoms with Crippen LogP contribution in [0.5, 0.6) is 0 Å². The Morgan fingerprint density at radius 3 is 2.64 bits per heavy atom. The molecule has 7 nitrogen and oxygen atoms in total. The molecule has 1 aromatic carbocycles. The Kier molecular flexibility index (Phi) is 4.47. The number of benzene rings is 1. The molecule has 0 unspecified atom stereocenters. The van der Waals surface area contributed by atoms with Crippen molar-refractivity contribution in [3.05, 3.63) is 77.9 Å². The zero-order valence-corrected chi connectivity index (χ0v) is 18.1. The van der Waals surface area contributed by atoms with Crippen LogP contribution in [0.2, 0.25) is 0 Å². The second kappa shape index (κ2) is 7.40. The topological polar surface area (TPSA) is 96.6 Å². The van der Waals surface area contributed by atoms with E-state index in [9.17, 15) is 9.59 Å². The highest BCUT2D eigenvalue weighted by Gasteiger charge is 2.55. The number of aliphatic carboxylic acids is 1. The maximum atomic E-state index is 13.1. The average molecular weight is 441 g/mol. The van der Waals surface area contributed by atoms with Gasteiger partial charge in [-0.15, -0.1) is 0 Å². The predicted octanol–water partition coefficient (Wildman–Crippen LogP) is 3.85. The molecule has 0 atom stereocenters. The van der Waals surface area contributed by atoms with E-state index in [1.807, 2.05) is 42.7 Å². The van der Waals surface area contributed by atoms with E-state index in [0.717, 1.165) is 53.2 Å². The van der Waals surface area contributed by atoms with Gasteiger partial charge in [-0.1, -0.05) is 30.3 Å². The second-order valence-corrected chi connectivity index (χ2v) is 9.61. The van der Waals surface area contributed by atoms with Crippen LogP contribution < -0.4 is 5.32 Å². The molecule has 1 amide bonds. The Hall–Kier alpha value is -3.74. The zero-order chi connectivity index (χ0) is 22.6. The fourth-order valence-corrected chi connectivity index (χ4v) is 5.69. The number of carboxylic acid groups (broad SMARTS) is 1. The molecule has 33 heavy (non-hydrogen) atoms. The van der Waals surface area contributed by atoms with Gasteiger partial charge in [-0.05, 0) is 54.2 Å². The van der Waals surface area contributed by atoms with Crippen molar-refractivity contribution in [3.8, 4) is 0 Å². The molecular formula is C26H24N4O3. The van der Waals surface area contributed by atoms with E-state index < -0.39 is 5.97 Å². The Morgan fingerprint density at radius 1 is 1.06 bits per heavy atom. The van der Waals surface area contributed by atoms with Gasteiger partial charge in [0, 0.05) is 35.9 Å². The zero-order valence-electron chi connectivity index (χ0n) is 18.1. The Morgan fingerprint density at radius 2 is 1.85 bits per heavy atom. The number of aromatic nitrogens is 3. The smallest absolute Gasteiger partial charge is 0.306 e. The quantitative estimate of drug-likeness (QED) is 0.491. The molecular weight excluding hydrogens is 416 g/mol. The number of nitrogens with one attached hydrogen (secondary N) is 1. The van der Waals surface area contributed by atoms with Crippen LogP contribution in [-0.2, 0) is 11.2 Å². The van der Waals surface area contributed by atoms with Crippen LogP contribution in [0.25, 0.3) is 16.3 Å². The van der Waals surface area contributed by atoms with Crippen LogP contribution in [-0.4, -0.2) is 37.6 Å². The summed E-state index contributed by atoms with van der Waals surface area (Å²) in [5, 5.41) is 18.9. The summed E-state index contributed by atoms with van der Waals surface area (Å²) in [6.07, 6.45) is 9.14. The van der Waals surface area contributed by atoms with Crippen molar-refractivity contribution in [2.75, 3.05) is 0 Å². The highest BCUT2D eigenvalue weighted by atomic mass is 16.4. The summed E-state index contributed by atoms with van der Waals surface area (Å²) in [6, 6.07) is 14.3. The van der Waals surface area contributed by atoms with E-state index in [-0.39, 0.29) is 23.3 Å². The monoisotopic (exact) mass is 440 g/mol.